The van der Waals surface area contributed by atoms with Crippen LogP contribution >= 0.6 is 11.9 Å². The summed E-state index contributed by atoms with van der Waals surface area (Å²) in [7, 11) is 0. The maximum atomic E-state index is 12.8. The molecule has 0 aliphatic carbocycles. The second-order valence-corrected chi connectivity index (χ2v) is 6.11. The van der Waals surface area contributed by atoms with Gasteiger partial charge in [0.1, 0.15) is 5.82 Å². The topological polar surface area (TPSA) is 52.9 Å². The van der Waals surface area contributed by atoms with Crippen LogP contribution in [0.2, 0.25) is 0 Å². The van der Waals surface area contributed by atoms with E-state index in [1.165, 1.54) is 11.9 Å². The van der Waals surface area contributed by atoms with Gasteiger partial charge in [0.2, 0.25) is 0 Å². The summed E-state index contributed by atoms with van der Waals surface area (Å²) in [6.45, 7) is 9.67. The van der Waals surface area contributed by atoms with Gasteiger partial charge >= 0.3 is 0 Å². The minimum absolute atomic E-state index is 0.0369. The molecular formula is C16H21N3OS. The van der Waals surface area contributed by atoms with Crippen molar-refractivity contribution >= 4 is 17.8 Å². The molecule has 0 aliphatic heterocycles. The maximum absolute atomic E-state index is 12.8. The van der Waals surface area contributed by atoms with Crippen molar-refractivity contribution in [1.82, 2.24) is 8.77 Å². The summed E-state index contributed by atoms with van der Waals surface area (Å²) in [4.78, 5) is 12.8. The molecule has 5 heteroatoms. The van der Waals surface area contributed by atoms with Gasteiger partial charge in [0.05, 0.1) is 5.56 Å². The van der Waals surface area contributed by atoms with E-state index in [0.29, 0.717) is 17.1 Å². The number of nitrogen functional groups attached to an aromatic ring is 1. The fraction of sp³-hybridized carbons (Fsp3) is 0.312. The third kappa shape index (κ3) is 2.78. The second-order valence-electron chi connectivity index (χ2n) is 5.18. The summed E-state index contributed by atoms with van der Waals surface area (Å²) in [5.41, 5.74) is 8.75. The molecule has 4 nitrogen and oxygen atoms in total. The fourth-order valence-electron chi connectivity index (χ4n) is 2.32. The lowest BCUT2D eigenvalue weighted by molar-refractivity contribution is 0.501. The first-order valence-electron chi connectivity index (χ1n) is 6.92. The summed E-state index contributed by atoms with van der Waals surface area (Å²) in [5, 5.41) is 0. The van der Waals surface area contributed by atoms with Crippen molar-refractivity contribution in [2.24, 2.45) is 0 Å². The third-order valence-corrected chi connectivity index (χ3v) is 4.30. The van der Waals surface area contributed by atoms with Crippen LogP contribution in [0.25, 0.3) is 11.1 Å². The SMILES string of the molecule is C=CCSn1c(N)c(-c2ccccc2C)c(=O)n1C(C)C. The van der Waals surface area contributed by atoms with Crippen LogP contribution in [0.15, 0.2) is 41.7 Å². The van der Waals surface area contributed by atoms with Crippen LogP contribution in [-0.4, -0.2) is 14.5 Å². The quantitative estimate of drug-likeness (QED) is 0.861. The van der Waals surface area contributed by atoms with Gasteiger partial charge in [0, 0.05) is 11.8 Å². The lowest BCUT2D eigenvalue weighted by Gasteiger charge is -2.13. The summed E-state index contributed by atoms with van der Waals surface area (Å²) in [5.74, 6) is 1.19. The van der Waals surface area contributed by atoms with Crippen LogP contribution in [0.3, 0.4) is 0 Å². The van der Waals surface area contributed by atoms with Crippen LogP contribution < -0.4 is 11.3 Å². The Morgan fingerprint density at radius 1 is 1.38 bits per heavy atom. The Morgan fingerprint density at radius 2 is 2.05 bits per heavy atom. The largest absolute Gasteiger partial charge is 0.383 e. The summed E-state index contributed by atoms with van der Waals surface area (Å²) >= 11 is 1.47. The number of benzene rings is 1. The van der Waals surface area contributed by atoms with Gasteiger partial charge in [-0.15, -0.1) is 6.58 Å². The molecule has 0 unspecified atom stereocenters. The molecule has 0 atom stereocenters. The molecule has 1 heterocycles. The molecule has 1 aromatic heterocycles. The molecule has 1 aromatic carbocycles. The number of nitrogens with two attached hydrogens (primary N) is 1. The van der Waals surface area contributed by atoms with Gasteiger partial charge < -0.3 is 5.73 Å². The van der Waals surface area contributed by atoms with Crippen LogP contribution in [0.4, 0.5) is 5.82 Å². The van der Waals surface area contributed by atoms with E-state index in [-0.39, 0.29) is 11.6 Å². The second kappa shape index (κ2) is 6.26. The number of aromatic nitrogens is 2. The highest BCUT2D eigenvalue weighted by molar-refractivity contribution is 7.98. The van der Waals surface area contributed by atoms with E-state index in [2.05, 4.69) is 6.58 Å². The van der Waals surface area contributed by atoms with E-state index < -0.39 is 0 Å². The zero-order valence-corrected chi connectivity index (χ0v) is 13.5. The summed E-state index contributed by atoms with van der Waals surface area (Å²) in [6, 6.07) is 7.85. The monoisotopic (exact) mass is 303 g/mol. The zero-order valence-electron chi connectivity index (χ0n) is 12.7. The minimum Gasteiger partial charge on any atom is -0.383 e. The molecule has 2 N–H and O–H groups in total. The van der Waals surface area contributed by atoms with Crippen molar-refractivity contribution in [3.05, 3.63) is 52.8 Å². The first-order chi connectivity index (χ1) is 9.99. The van der Waals surface area contributed by atoms with Gasteiger partial charge in [-0.2, -0.15) is 0 Å². The third-order valence-electron chi connectivity index (χ3n) is 3.30. The number of aryl methyl sites for hydroxylation is 1. The number of rotatable bonds is 5. The van der Waals surface area contributed by atoms with Crippen molar-refractivity contribution in [3.8, 4) is 11.1 Å². The van der Waals surface area contributed by atoms with Crippen LogP contribution in [-0.2, 0) is 0 Å². The standard InChI is InChI=1S/C16H21N3OS/c1-5-10-21-19-15(17)14(16(20)18(19)11(2)3)13-9-7-6-8-12(13)4/h5-9,11H,1,10,17H2,2-4H3. The molecule has 2 aromatic rings. The van der Waals surface area contributed by atoms with Gasteiger partial charge in [-0.1, -0.05) is 30.3 Å². The predicted octanol–water partition coefficient (Wildman–Crippen LogP) is 3.47. The Kier molecular flexibility index (Phi) is 4.63. The lowest BCUT2D eigenvalue weighted by atomic mass is 10.0. The normalized spacial score (nSPS) is 11.0. The fourth-order valence-corrected chi connectivity index (χ4v) is 3.19. The Morgan fingerprint density at radius 3 is 2.62 bits per heavy atom. The van der Waals surface area contributed by atoms with Crippen molar-refractivity contribution in [2.75, 3.05) is 11.5 Å². The van der Waals surface area contributed by atoms with Crippen molar-refractivity contribution in [1.29, 1.82) is 0 Å². The number of nitrogens with zero attached hydrogens (tertiary/aromatic N) is 2. The number of anilines is 1. The van der Waals surface area contributed by atoms with Crippen molar-refractivity contribution in [2.45, 2.75) is 26.8 Å². The first kappa shape index (κ1) is 15.5. The highest BCUT2D eigenvalue weighted by atomic mass is 32.2. The molecule has 0 radical (unpaired) electrons. The molecule has 0 bridgehead atoms. The lowest BCUT2D eigenvalue weighted by Crippen LogP contribution is -2.23. The predicted molar refractivity (Wildman–Crippen MR) is 91.7 cm³/mol. The summed E-state index contributed by atoms with van der Waals surface area (Å²) in [6.07, 6.45) is 1.80. The number of hydrogen-bond acceptors (Lipinski definition) is 3. The van der Waals surface area contributed by atoms with Crippen LogP contribution in [0.5, 0.6) is 0 Å². The van der Waals surface area contributed by atoms with Crippen molar-refractivity contribution in [3.63, 3.8) is 0 Å². The average molecular weight is 303 g/mol. The minimum atomic E-state index is -0.0478. The molecule has 0 spiro atoms. The highest BCUT2D eigenvalue weighted by Crippen LogP contribution is 2.29. The van der Waals surface area contributed by atoms with Crippen LogP contribution in [0.1, 0.15) is 25.5 Å². The van der Waals surface area contributed by atoms with E-state index in [9.17, 15) is 4.79 Å². The van der Waals surface area contributed by atoms with E-state index in [0.717, 1.165) is 11.1 Å². The van der Waals surface area contributed by atoms with Gasteiger partial charge in [0.25, 0.3) is 5.56 Å². The van der Waals surface area contributed by atoms with Gasteiger partial charge in [-0.3, -0.25) is 4.79 Å². The van der Waals surface area contributed by atoms with Gasteiger partial charge in [0.15, 0.2) is 0 Å². The maximum Gasteiger partial charge on any atom is 0.277 e. The Hall–Kier alpha value is -1.88. The Labute approximate surface area is 129 Å². The zero-order chi connectivity index (χ0) is 15.6. The number of hydrogen-bond donors (Lipinski definition) is 1. The molecule has 0 saturated carbocycles. The van der Waals surface area contributed by atoms with E-state index in [4.69, 9.17) is 5.73 Å². The molecule has 21 heavy (non-hydrogen) atoms. The molecule has 0 aliphatic rings. The smallest absolute Gasteiger partial charge is 0.277 e. The van der Waals surface area contributed by atoms with E-state index in [1.807, 2.05) is 45.0 Å². The van der Waals surface area contributed by atoms with E-state index >= 15 is 0 Å². The summed E-state index contributed by atoms with van der Waals surface area (Å²) < 4.78 is 3.49. The van der Waals surface area contributed by atoms with Gasteiger partial charge in [-0.25, -0.2) is 8.77 Å². The average Bonchev–Trinajstić information content (AvgIpc) is 2.68. The molecular weight excluding hydrogens is 282 g/mol. The Balaban J connectivity index is 2.71. The molecule has 2 rings (SSSR count). The van der Waals surface area contributed by atoms with Gasteiger partial charge in [-0.05, 0) is 43.8 Å². The molecule has 112 valence electrons. The molecule has 0 fully saturated rings. The molecule has 0 amide bonds. The Bertz CT molecular complexity index is 713. The van der Waals surface area contributed by atoms with Crippen LogP contribution in [0, 0.1) is 6.92 Å². The van der Waals surface area contributed by atoms with E-state index in [1.54, 1.807) is 14.8 Å². The van der Waals surface area contributed by atoms with Crippen molar-refractivity contribution < 1.29 is 0 Å². The highest BCUT2D eigenvalue weighted by Gasteiger charge is 2.22. The first-order valence-corrected chi connectivity index (χ1v) is 7.86. The molecule has 0 saturated heterocycles.